The van der Waals surface area contributed by atoms with Crippen molar-refractivity contribution in [1.82, 2.24) is 0 Å². The zero-order chi connectivity index (χ0) is 6.53. The minimum atomic E-state index is -0.197. The molecule has 1 aromatic heterocycles. The van der Waals surface area contributed by atoms with Gasteiger partial charge < -0.3 is 9.84 Å². The van der Waals surface area contributed by atoms with Crippen molar-refractivity contribution in [1.29, 1.82) is 0 Å². The number of rotatable bonds is 3. The number of ether oxygens (including phenoxy) is 1. The molecule has 1 heterocycles. The van der Waals surface area contributed by atoms with Gasteiger partial charge in [-0.15, -0.1) is 11.3 Å². The van der Waals surface area contributed by atoms with Gasteiger partial charge in [-0.05, 0) is 11.4 Å². The lowest BCUT2D eigenvalue weighted by molar-refractivity contribution is -0.0101. The maximum absolute atomic E-state index is 8.25. The molecule has 0 bridgehead atoms. The first-order chi connectivity index (χ1) is 4.43. The molecule has 0 saturated heterocycles. The molecule has 0 amide bonds. The largest absolute Gasteiger partial charge is 0.371 e. The summed E-state index contributed by atoms with van der Waals surface area (Å²) in [4.78, 5) is 1.14. The molecule has 0 radical (unpaired) electrons. The van der Waals surface area contributed by atoms with Crippen molar-refractivity contribution >= 4 is 11.3 Å². The van der Waals surface area contributed by atoms with Gasteiger partial charge in [-0.2, -0.15) is 0 Å². The topological polar surface area (TPSA) is 29.5 Å². The van der Waals surface area contributed by atoms with Crippen LogP contribution in [0.3, 0.4) is 0 Å². The molecule has 0 unspecified atom stereocenters. The summed E-state index contributed by atoms with van der Waals surface area (Å²) in [6, 6.07) is 3.93. The molecular formula is C6H8O2S. The van der Waals surface area contributed by atoms with Crippen LogP contribution in [0.15, 0.2) is 17.5 Å². The predicted molar refractivity (Wildman–Crippen MR) is 36.2 cm³/mol. The fraction of sp³-hybridized carbons (Fsp3) is 0.333. The Kier molecular flexibility index (Phi) is 2.70. The van der Waals surface area contributed by atoms with Gasteiger partial charge in [-0.25, -0.2) is 0 Å². The number of aliphatic hydroxyl groups excluding tert-OH is 1. The van der Waals surface area contributed by atoms with Gasteiger partial charge in [0.2, 0.25) is 0 Å². The smallest absolute Gasteiger partial charge is 0.144 e. The van der Waals surface area contributed by atoms with Crippen LogP contribution in [0.2, 0.25) is 0 Å². The predicted octanol–water partition coefficient (Wildman–Crippen LogP) is 1.21. The van der Waals surface area contributed by atoms with Crippen molar-refractivity contribution in [2.24, 2.45) is 0 Å². The lowest BCUT2D eigenvalue weighted by Gasteiger charge is -1.93. The van der Waals surface area contributed by atoms with Crippen molar-refractivity contribution in [2.75, 3.05) is 6.79 Å². The molecule has 0 aliphatic rings. The summed E-state index contributed by atoms with van der Waals surface area (Å²) >= 11 is 1.63. The van der Waals surface area contributed by atoms with Crippen LogP contribution in [-0.2, 0) is 11.3 Å². The second kappa shape index (κ2) is 3.61. The van der Waals surface area contributed by atoms with E-state index < -0.39 is 0 Å². The van der Waals surface area contributed by atoms with Gasteiger partial charge >= 0.3 is 0 Å². The van der Waals surface area contributed by atoms with Gasteiger partial charge in [0.1, 0.15) is 6.79 Å². The molecule has 3 heteroatoms. The molecule has 0 aromatic carbocycles. The first-order valence-corrected chi connectivity index (χ1v) is 3.52. The molecule has 1 aromatic rings. The molecule has 0 aliphatic carbocycles. The van der Waals surface area contributed by atoms with Crippen molar-refractivity contribution < 1.29 is 9.84 Å². The van der Waals surface area contributed by atoms with Gasteiger partial charge in [0, 0.05) is 4.88 Å². The van der Waals surface area contributed by atoms with E-state index in [9.17, 15) is 0 Å². The molecule has 0 fully saturated rings. The van der Waals surface area contributed by atoms with Crippen LogP contribution < -0.4 is 0 Å². The van der Waals surface area contributed by atoms with E-state index in [2.05, 4.69) is 0 Å². The van der Waals surface area contributed by atoms with E-state index in [1.807, 2.05) is 17.5 Å². The summed E-state index contributed by atoms with van der Waals surface area (Å²) < 4.78 is 4.74. The lowest BCUT2D eigenvalue weighted by Crippen LogP contribution is -1.90. The maximum Gasteiger partial charge on any atom is 0.144 e. The third kappa shape index (κ3) is 2.13. The van der Waals surface area contributed by atoms with E-state index in [-0.39, 0.29) is 6.79 Å². The van der Waals surface area contributed by atoms with Gasteiger partial charge in [-0.3, -0.25) is 0 Å². The Morgan fingerprint density at radius 1 is 1.67 bits per heavy atom. The number of hydrogen-bond acceptors (Lipinski definition) is 3. The molecule has 1 N–H and O–H groups in total. The molecule has 0 spiro atoms. The second-order valence-electron chi connectivity index (χ2n) is 1.56. The summed E-state index contributed by atoms with van der Waals surface area (Å²) in [7, 11) is 0. The molecule has 50 valence electrons. The number of thiophene rings is 1. The van der Waals surface area contributed by atoms with E-state index in [0.29, 0.717) is 6.61 Å². The summed E-state index contributed by atoms with van der Waals surface area (Å²) in [6.07, 6.45) is 0. The highest BCUT2D eigenvalue weighted by Gasteiger charge is 1.89. The number of hydrogen-bond donors (Lipinski definition) is 1. The second-order valence-corrected chi connectivity index (χ2v) is 2.59. The summed E-state index contributed by atoms with van der Waals surface area (Å²) in [5, 5.41) is 10.2. The normalized spacial score (nSPS) is 9.89. The van der Waals surface area contributed by atoms with Crippen LogP contribution in [0.5, 0.6) is 0 Å². The van der Waals surface area contributed by atoms with Gasteiger partial charge in [0.05, 0.1) is 6.61 Å². The molecule has 2 nitrogen and oxygen atoms in total. The van der Waals surface area contributed by atoms with Gasteiger partial charge in [0.25, 0.3) is 0 Å². The molecular weight excluding hydrogens is 136 g/mol. The zero-order valence-electron chi connectivity index (χ0n) is 4.91. The first kappa shape index (κ1) is 6.74. The Labute approximate surface area is 57.7 Å². The Morgan fingerprint density at radius 3 is 3.11 bits per heavy atom. The molecule has 9 heavy (non-hydrogen) atoms. The minimum Gasteiger partial charge on any atom is -0.371 e. The van der Waals surface area contributed by atoms with Crippen LogP contribution in [-0.4, -0.2) is 11.9 Å². The fourth-order valence-corrected chi connectivity index (χ4v) is 1.18. The van der Waals surface area contributed by atoms with Crippen molar-refractivity contribution in [2.45, 2.75) is 6.61 Å². The average Bonchev–Trinajstić information content (AvgIpc) is 2.34. The van der Waals surface area contributed by atoms with E-state index in [1.165, 1.54) is 0 Å². The third-order valence-corrected chi connectivity index (χ3v) is 1.77. The first-order valence-electron chi connectivity index (χ1n) is 2.64. The maximum atomic E-state index is 8.25. The van der Waals surface area contributed by atoms with Crippen LogP contribution in [0.4, 0.5) is 0 Å². The quantitative estimate of drug-likeness (QED) is 0.646. The average molecular weight is 144 g/mol. The molecule has 0 aliphatic heterocycles. The van der Waals surface area contributed by atoms with Crippen molar-refractivity contribution in [3.8, 4) is 0 Å². The Morgan fingerprint density at radius 2 is 2.56 bits per heavy atom. The van der Waals surface area contributed by atoms with Crippen molar-refractivity contribution in [3.63, 3.8) is 0 Å². The zero-order valence-corrected chi connectivity index (χ0v) is 5.73. The van der Waals surface area contributed by atoms with Crippen molar-refractivity contribution in [3.05, 3.63) is 22.4 Å². The van der Waals surface area contributed by atoms with E-state index in [0.717, 1.165) is 4.88 Å². The Bertz CT molecular complexity index is 148. The lowest BCUT2D eigenvalue weighted by atomic mass is 10.5. The summed E-state index contributed by atoms with van der Waals surface area (Å²) in [6.45, 7) is 0.325. The van der Waals surface area contributed by atoms with Crippen LogP contribution in [0.25, 0.3) is 0 Å². The van der Waals surface area contributed by atoms with Crippen LogP contribution >= 0.6 is 11.3 Å². The fourth-order valence-electron chi connectivity index (χ4n) is 0.541. The molecule has 0 saturated carbocycles. The van der Waals surface area contributed by atoms with Crippen LogP contribution in [0, 0.1) is 0 Å². The third-order valence-electron chi connectivity index (χ3n) is 0.916. The van der Waals surface area contributed by atoms with Gasteiger partial charge in [0.15, 0.2) is 0 Å². The highest BCUT2D eigenvalue weighted by atomic mass is 32.1. The van der Waals surface area contributed by atoms with E-state index >= 15 is 0 Å². The van der Waals surface area contributed by atoms with Gasteiger partial charge in [-0.1, -0.05) is 6.07 Å². The summed E-state index contributed by atoms with van der Waals surface area (Å²) in [5.41, 5.74) is 0. The number of aliphatic hydroxyl groups is 1. The highest BCUT2D eigenvalue weighted by Crippen LogP contribution is 2.08. The van der Waals surface area contributed by atoms with Crippen LogP contribution in [0.1, 0.15) is 4.88 Å². The summed E-state index contributed by atoms with van der Waals surface area (Å²) in [5.74, 6) is 0. The minimum absolute atomic E-state index is 0.197. The monoisotopic (exact) mass is 144 g/mol. The standard InChI is InChI=1S/C6H8O2S/c7-5-8-4-6-2-1-3-9-6/h1-3,7H,4-5H2. The molecule has 0 atom stereocenters. The SMILES string of the molecule is OCOCc1cccs1. The van der Waals surface area contributed by atoms with E-state index in [1.54, 1.807) is 11.3 Å². The Balaban J connectivity index is 2.30. The molecule has 1 rings (SSSR count). The Hall–Kier alpha value is -0.380. The van der Waals surface area contributed by atoms with E-state index in [4.69, 9.17) is 9.84 Å². The highest BCUT2D eigenvalue weighted by molar-refractivity contribution is 7.09.